The molecule has 7 heteroatoms. The van der Waals surface area contributed by atoms with Gasteiger partial charge < -0.3 is 9.64 Å². The predicted molar refractivity (Wildman–Crippen MR) is 124 cm³/mol. The number of aryl methyl sites for hydroxylation is 1. The molecule has 5 atom stereocenters. The maximum atomic E-state index is 13.1. The van der Waals surface area contributed by atoms with Gasteiger partial charge in [-0.05, 0) is 62.3 Å². The lowest BCUT2D eigenvalue weighted by Gasteiger charge is -2.19. The Morgan fingerprint density at radius 1 is 0.912 bits per heavy atom. The molecule has 2 aromatic rings. The molecule has 0 spiro atoms. The lowest BCUT2D eigenvalue weighted by Crippen LogP contribution is -2.32. The Hall–Kier alpha value is -3.48. The van der Waals surface area contributed by atoms with Crippen molar-refractivity contribution in [1.82, 2.24) is 0 Å². The Morgan fingerprint density at radius 3 is 2.26 bits per heavy atom. The van der Waals surface area contributed by atoms with Gasteiger partial charge in [0.25, 0.3) is 0 Å². The number of amides is 3. The maximum absolute atomic E-state index is 13.1. The fourth-order valence-corrected chi connectivity index (χ4v) is 6.39. The molecule has 34 heavy (non-hydrogen) atoms. The highest BCUT2D eigenvalue weighted by Crippen LogP contribution is 2.56. The molecule has 2 saturated carbocycles. The molecular formula is C27H26N2O5. The highest BCUT2D eigenvalue weighted by molar-refractivity contribution is 6.22. The van der Waals surface area contributed by atoms with Gasteiger partial charge in [-0.15, -0.1) is 0 Å². The summed E-state index contributed by atoms with van der Waals surface area (Å²) in [6, 6.07) is 14.2. The Labute approximate surface area is 197 Å². The SMILES string of the molecule is Cc1ccc(N2C[C@H](C(=O)Oc3cccc(N4C(=O)[C@H]5[C@H]6CC[C@@H](C6)[C@@H]5C4=O)c3)CC2=O)cc1. The van der Waals surface area contributed by atoms with Gasteiger partial charge in [0, 0.05) is 24.7 Å². The Balaban J connectivity index is 1.16. The maximum Gasteiger partial charge on any atom is 0.316 e. The third-order valence-electron chi connectivity index (χ3n) is 8.03. The van der Waals surface area contributed by atoms with E-state index in [0.29, 0.717) is 17.5 Å². The zero-order chi connectivity index (χ0) is 23.6. The molecule has 174 valence electrons. The average molecular weight is 459 g/mol. The van der Waals surface area contributed by atoms with E-state index in [4.69, 9.17) is 4.74 Å². The molecule has 0 unspecified atom stereocenters. The van der Waals surface area contributed by atoms with E-state index in [9.17, 15) is 19.2 Å². The molecule has 0 N–H and O–H groups in total. The van der Waals surface area contributed by atoms with Crippen molar-refractivity contribution in [2.24, 2.45) is 29.6 Å². The Bertz CT molecular complexity index is 1180. The summed E-state index contributed by atoms with van der Waals surface area (Å²) in [6.45, 7) is 2.24. The van der Waals surface area contributed by atoms with Crippen LogP contribution in [-0.4, -0.2) is 30.2 Å². The monoisotopic (exact) mass is 458 g/mol. The number of fused-ring (bicyclic) bond motifs is 5. The first-order valence-corrected chi connectivity index (χ1v) is 12.0. The molecule has 4 aliphatic rings. The van der Waals surface area contributed by atoms with Crippen molar-refractivity contribution in [3.63, 3.8) is 0 Å². The van der Waals surface area contributed by atoms with E-state index < -0.39 is 11.9 Å². The van der Waals surface area contributed by atoms with Crippen LogP contribution in [0.25, 0.3) is 0 Å². The molecule has 2 heterocycles. The van der Waals surface area contributed by atoms with Crippen LogP contribution in [0.4, 0.5) is 11.4 Å². The number of carbonyl (C=O) groups excluding carboxylic acids is 4. The molecule has 2 aromatic carbocycles. The van der Waals surface area contributed by atoms with Crippen molar-refractivity contribution in [2.75, 3.05) is 16.3 Å². The number of hydrogen-bond donors (Lipinski definition) is 0. The molecule has 7 nitrogen and oxygen atoms in total. The molecule has 3 amide bonds. The molecule has 4 fully saturated rings. The summed E-state index contributed by atoms with van der Waals surface area (Å²) in [5.41, 5.74) is 2.30. The van der Waals surface area contributed by atoms with Gasteiger partial charge in [-0.1, -0.05) is 23.8 Å². The minimum Gasteiger partial charge on any atom is -0.426 e. The normalized spacial score (nSPS) is 29.8. The zero-order valence-corrected chi connectivity index (χ0v) is 19.0. The Morgan fingerprint density at radius 2 is 1.59 bits per heavy atom. The van der Waals surface area contributed by atoms with Crippen molar-refractivity contribution in [1.29, 1.82) is 0 Å². The second-order valence-electron chi connectivity index (χ2n) is 10.1. The highest BCUT2D eigenvalue weighted by Gasteiger charge is 2.61. The van der Waals surface area contributed by atoms with Gasteiger partial charge >= 0.3 is 5.97 Å². The van der Waals surface area contributed by atoms with E-state index in [0.717, 1.165) is 30.5 Å². The molecular weight excluding hydrogens is 432 g/mol. The number of hydrogen-bond acceptors (Lipinski definition) is 5. The van der Waals surface area contributed by atoms with Crippen LogP contribution in [0, 0.1) is 36.5 Å². The van der Waals surface area contributed by atoms with Gasteiger partial charge in [-0.25, -0.2) is 4.90 Å². The van der Waals surface area contributed by atoms with Crippen LogP contribution < -0.4 is 14.5 Å². The summed E-state index contributed by atoms with van der Waals surface area (Å²) in [4.78, 5) is 54.5. The molecule has 2 bridgehead atoms. The summed E-state index contributed by atoms with van der Waals surface area (Å²) in [5, 5.41) is 0. The van der Waals surface area contributed by atoms with E-state index >= 15 is 0 Å². The summed E-state index contributed by atoms with van der Waals surface area (Å²) >= 11 is 0. The van der Waals surface area contributed by atoms with E-state index in [2.05, 4.69) is 0 Å². The second-order valence-corrected chi connectivity index (χ2v) is 10.1. The lowest BCUT2D eigenvalue weighted by molar-refractivity contribution is -0.139. The number of nitrogens with zero attached hydrogens (tertiary/aromatic N) is 2. The first kappa shape index (κ1) is 21.1. The van der Waals surface area contributed by atoms with Crippen molar-refractivity contribution in [2.45, 2.75) is 32.6 Å². The van der Waals surface area contributed by atoms with Gasteiger partial charge in [0.2, 0.25) is 17.7 Å². The number of anilines is 2. The van der Waals surface area contributed by atoms with Crippen LogP contribution >= 0.6 is 0 Å². The number of imide groups is 1. The van der Waals surface area contributed by atoms with Crippen LogP contribution in [0.15, 0.2) is 48.5 Å². The average Bonchev–Trinajstić information content (AvgIpc) is 3.58. The van der Waals surface area contributed by atoms with Gasteiger partial charge in [0.05, 0.1) is 23.4 Å². The molecule has 0 aromatic heterocycles. The quantitative estimate of drug-likeness (QED) is 0.398. The number of benzene rings is 2. The number of esters is 1. The summed E-state index contributed by atoms with van der Waals surface area (Å²) in [7, 11) is 0. The summed E-state index contributed by atoms with van der Waals surface area (Å²) in [5.74, 6) is -0.941. The first-order valence-electron chi connectivity index (χ1n) is 12.0. The fraction of sp³-hybridized carbons (Fsp3) is 0.407. The minimum atomic E-state index is -0.581. The third-order valence-corrected chi connectivity index (χ3v) is 8.03. The van der Waals surface area contributed by atoms with Gasteiger partial charge in [-0.3, -0.25) is 19.2 Å². The standard InChI is InChI=1S/C27H26N2O5/c1-15-5-9-19(10-6-15)28-14-18(12-22(28)30)27(33)34-21-4-2-3-20(13-21)29-25(31)23-16-7-8-17(11-16)24(23)26(29)32/h2-6,9-10,13,16-18,23-24H,7-8,11-12,14H2,1H3/t16-,17-,18+,23-,24-/m0/s1. The Kier molecular flexibility index (Phi) is 4.83. The third kappa shape index (κ3) is 3.25. The van der Waals surface area contributed by atoms with E-state index in [1.807, 2.05) is 31.2 Å². The van der Waals surface area contributed by atoms with Crippen LogP contribution in [-0.2, 0) is 19.2 Å². The van der Waals surface area contributed by atoms with Gasteiger partial charge in [0.15, 0.2) is 0 Å². The second kappa shape index (κ2) is 7.79. The molecule has 2 saturated heterocycles. The van der Waals surface area contributed by atoms with Gasteiger partial charge in [0.1, 0.15) is 5.75 Å². The van der Waals surface area contributed by atoms with Crippen molar-refractivity contribution < 1.29 is 23.9 Å². The first-order chi connectivity index (χ1) is 16.4. The van der Waals surface area contributed by atoms with Crippen LogP contribution in [0.2, 0.25) is 0 Å². The minimum absolute atomic E-state index is 0.0850. The smallest absolute Gasteiger partial charge is 0.316 e. The lowest BCUT2D eigenvalue weighted by atomic mass is 9.81. The summed E-state index contributed by atoms with van der Waals surface area (Å²) in [6.07, 6.45) is 3.12. The fourth-order valence-electron chi connectivity index (χ4n) is 6.39. The van der Waals surface area contributed by atoms with Crippen LogP contribution in [0.1, 0.15) is 31.2 Å². The molecule has 2 aliphatic heterocycles. The van der Waals surface area contributed by atoms with Crippen molar-refractivity contribution >= 4 is 35.1 Å². The highest BCUT2D eigenvalue weighted by atomic mass is 16.5. The number of ether oxygens (including phenoxy) is 1. The van der Waals surface area contributed by atoms with E-state index in [1.165, 1.54) is 4.90 Å². The molecule has 6 rings (SSSR count). The molecule has 2 aliphatic carbocycles. The number of rotatable bonds is 4. The van der Waals surface area contributed by atoms with Crippen molar-refractivity contribution in [3.05, 3.63) is 54.1 Å². The predicted octanol–water partition coefficient (Wildman–Crippen LogP) is 3.49. The largest absolute Gasteiger partial charge is 0.426 e. The van der Waals surface area contributed by atoms with Crippen LogP contribution in [0.5, 0.6) is 5.75 Å². The summed E-state index contributed by atoms with van der Waals surface area (Å²) < 4.78 is 5.60. The number of carbonyl (C=O) groups is 4. The van der Waals surface area contributed by atoms with E-state index in [-0.39, 0.29) is 48.3 Å². The van der Waals surface area contributed by atoms with E-state index in [1.54, 1.807) is 29.2 Å². The topological polar surface area (TPSA) is 84.0 Å². The zero-order valence-electron chi connectivity index (χ0n) is 19.0. The van der Waals surface area contributed by atoms with Crippen LogP contribution in [0.3, 0.4) is 0 Å². The van der Waals surface area contributed by atoms with Gasteiger partial charge in [-0.2, -0.15) is 0 Å². The van der Waals surface area contributed by atoms with Crippen molar-refractivity contribution in [3.8, 4) is 5.75 Å². The molecule has 0 radical (unpaired) electrons.